The van der Waals surface area contributed by atoms with Crippen molar-refractivity contribution >= 4 is 28.4 Å². The van der Waals surface area contributed by atoms with E-state index >= 15 is 0 Å². The van der Waals surface area contributed by atoms with Crippen LogP contribution in [0.4, 0.5) is 13.2 Å². The Kier molecular flexibility index (Phi) is 4.47. The number of benzene rings is 2. The molecule has 20 heavy (non-hydrogen) atoms. The number of rotatable bonds is 3. The van der Waals surface area contributed by atoms with Gasteiger partial charge in [-0.05, 0) is 52.4 Å². The first-order valence-corrected chi connectivity index (χ1v) is 6.89. The van der Waals surface area contributed by atoms with Crippen LogP contribution in [0.3, 0.4) is 0 Å². The SMILES string of the molecule is O=C(Cc1ccc(C(F)(F)F)cc1)c1ccc(I)cc1. The van der Waals surface area contributed by atoms with E-state index in [0.29, 0.717) is 11.1 Å². The van der Waals surface area contributed by atoms with Crippen LogP contribution in [-0.4, -0.2) is 5.78 Å². The molecule has 5 heteroatoms. The maximum Gasteiger partial charge on any atom is 0.416 e. The van der Waals surface area contributed by atoms with Crippen molar-refractivity contribution in [2.75, 3.05) is 0 Å². The number of hydrogen-bond acceptors (Lipinski definition) is 1. The van der Waals surface area contributed by atoms with Crippen LogP contribution in [0.5, 0.6) is 0 Å². The van der Waals surface area contributed by atoms with E-state index in [-0.39, 0.29) is 12.2 Å². The standard InChI is InChI=1S/C15H10F3IO/c16-15(17,18)12-5-1-10(2-6-12)9-14(20)11-3-7-13(19)8-4-11/h1-8H,9H2. The predicted octanol–water partition coefficient (Wildman–Crippen LogP) is 4.74. The Balaban J connectivity index is 2.10. The molecule has 2 aromatic carbocycles. The zero-order chi connectivity index (χ0) is 14.8. The zero-order valence-corrected chi connectivity index (χ0v) is 12.4. The van der Waals surface area contributed by atoms with Gasteiger partial charge in [-0.25, -0.2) is 0 Å². The smallest absolute Gasteiger partial charge is 0.294 e. The summed E-state index contributed by atoms with van der Waals surface area (Å²) >= 11 is 2.14. The fourth-order valence-electron chi connectivity index (χ4n) is 1.73. The second-order valence-corrected chi connectivity index (χ2v) is 5.55. The van der Waals surface area contributed by atoms with Gasteiger partial charge in [-0.3, -0.25) is 4.79 Å². The Morgan fingerprint density at radius 2 is 1.50 bits per heavy atom. The summed E-state index contributed by atoms with van der Waals surface area (Å²) in [6, 6.07) is 11.7. The lowest BCUT2D eigenvalue weighted by Gasteiger charge is -2.07. The van der Waals surface area contributed by atoms with Crippen LogP contribution in [0.2, 0.25) is 0 Å². The van der Waals surface area contributed by atoms with Gasteiger partial charge in [0.2, 0.25) is 0 Å². The van der Waals surface area contributed by atoms with Gasteiger partial charge in [-0.2, -0.15) is 13.2 Å². The van der Waals surface area contributed by atoms with E-state index in [1.54, 1.807) is 12.1 Å². The van der Waals surface area contributed by atoms with Crippen LogP contribution in [0, 0.1) is 3.57 Å². The average molecular weight is 390 g/mol. The molecular weight excluding hydrogens is 380 g/mol. The Bertz CT molecular complexity index is 601. The molecule has 0 saturated heterocycles. The maximum atomic E-state index is 12.4. The second-order valence-electron chi connectivity index (χ2n) is 4.30. The lowest BCUT2D eigenvalue weighted by molar-refractivity contribution is -0.137. The maximum absolute atomic E-state index is 12.4. The van der Waals surface area contributed by atoms with Gasteiger partial charge < -0.3 is 0 Å². The van der Waals surface area contributed by atoms with Crippen LogP contribution in [-0.2, 0) is 12.6 Å². The summed E-state index contributed by atoms with van der Waals surface area (Å²) in [6.45, 7) is 0. The molecule has 0 aliphatic heterocycles. The van der Waals surface area contributed by atoms with Gasteiger partial charge >= 0.3 is 6.18 Å². The van der Waals surface area contributed by atoms with Gasteiger partial charge in [-0.1, -0.05) is 24.3 Å². The van der Waals surface area contributed by atoms with E-state index in [1.807, 2.05) is 12.1 Å². The van der Waals surface area contributed by atoms with Crippen LogP contribution >= 0.6 is 22.6 Å². The highest BCUT2D eigenvalue weighted by atomic mass is 127. The molecule has 0 N–H and O–H groups in total. The minimum atomic E-state index is -4.35. The first kappa shape index (κ1) is 15.0. The quantitative estimate of drug-likeness (QED) is 0.547. The van der Waals surface area contributed by atoms with E-state index < -0.39 is 11.7 Å². The Labute approximate surface area is 128 Å². The molecule has 0 saturated carbocycles. The first-order chi connectivity index (χ1) is 9.36. The Morgan fingerprint density at radius 3 is 2.00 bits per heavy atom. The molecule has 0 radical (unpaired) electrons. The average Bonchev–Trinajstić information content (AvgIpc) is 2.39. The summed E-state index contributed by atoms with van der Waals surface area (Å²) in [5.41, 5.74) is 0.426. The lowest BCUT2D eigenvalue weighted by Crippen LogP contribution is -2.06. The summed E-state index contributed by atoms with van der Waals surface area (Å²) in [5.74, 6) is -0.110. The molecule has 0 amide bonds. The fraction of sp³-hybridized carbons (Fsp3) is 0.133. The van der Waals surface area contributed by atoms with Gasteiger partial charge in [0.25, 0.3) is 0 Å². The molecule has 0 atom stereocenters. The second kappa shape index (κ2) is 5.95. The number of halogens is 4. The van der Waals surface area contributed by atoms with E-state index in [4.69, 9.17) is 0 Å². The van der Waals surface area contributed by atoms with Gasteiger partial charge in [0.1, 0.15) is 0 Å². The highest BCUT2D eigenvalue weighted by molar-refractivity contribution is 14.1. The van der Waals surface area contributed by atoms with E-state index in [2.05, 4.69) is 22.6 Å². The van der Waals surface area contributed by atoms with Crippen molar-refractivity contribution in [2.24, 2.45) is 0 Å². The van der Waals surface area contributed by atoms with Gasteiger partial charge in [-0.15, -0.1) is 0 Å². The largest absolute Gasteiger partial charge is 0.416 e. The van der Waals surface area contributed by atoms with Crippen molar-refractivity contribution in [1.29, 1.82) is 0 Å². The molecule has 0 bridgehead atoms. The molecule has 0 aromatic heterocycles. The number of carbonyl (C=O) groups excluding carboxylic acids is 1. The number of hydrogen-bond donors (Lipinski definition) is 0. The summed E-state index contributed by atoms with van der Waals surface area (Å²) in [7, 11) is 0. The van der Waals surface area contributed by atoms with Crippen LogP contribution in [0.25, 0.3) is 0 Å². The van der Waals surface area contributed by atoms with Gasteiger partial charge in [0.05, 0.1) is 5.56 Å². The number of ketones is 1. The van der Waals surface area contributed by atoms with Gasteiger partial charge in [0, 0.05) is 15.6 Å². The van der Waals surface area contributed by atoms with Crippen molar-refractivity contribution in [3.63, 3.8) is 0 Å². The minimum Gasteiger partial charge on any atom is -0.294 e. The third-order valence-corrected chi connectivity index (χ3v) is 3.53. The summed E-state index contributed by atoms with van der Waals surface area (Å²) in [6.07, 6.45) is -4.25. The van der Waals surface area contributed by atoms with Crippen molar-refractivity contribution in [2.45, 2.75) is 12.6 Å². The number of carbonyl (C=O) groups is 1. The monoisotopic (exact) mass is 390 g/mol. The van der Waals surface area contributed by atoms with Crippen LogP contribution < -0.4 is 0 Å². The summed E-state index contributed by atoms with van der Waals surface area (Å²) in [4.78, 5) is 12.0. The Hall–Kier alpha value is -1.37. The highest BCUT2D eigenvalue weighted by Crippen LogP contribution is 2.29. The van der Waals surface area contributed by atoms with Crippen molar-refractivity contribution in [3.8, 4) is 0 Å². The lowest BCUT2D eigenvalue weighted by atomic mass is 10.0. The molecule has 0 spiro atoms. The molecule has 0 unspecified atom stereocenters. The molecule has 104 valence electrons. The topological polar surface area (TPSA) is 17.1 Å². The molecule has 2 aromatic rings. The molecular formula is C15H10F3IO. The van der Waals surface area contributed by atoms with E-state index in [1.165, 1.54) is 12.1 Å². The van der Waals surface area contributed by atoms with Crippen LogP contribution in [0.1, 0.15) is 21.5 Å². The molecule has 0 aliphatic rings. The van der Waals surface area contributed by atoms with Crippen molar-refractivity contribution in [3.05, 3.63) is 68.8 Å². The number of Topliss-reactive ketones (excluding diaryl/α,β-unsaturated/α-hetero) is 1. The summed E-state index contributed by atoms with van der Waals surface area (Å²) in [5, 5.41) is 0. The predicted molar refractivity (Wildman–Crippen MR) is 78.6 cm³/mol. The zero-order valence-electron chi connectivity index (χ0n) is 10.2. The van der Waals surface area contributed by atoms with Crippen molar-refractivity contribution < 1.29 is 18.0 Å². The van der Waals surface area contributed by atoms with E-state index in [9.17, 15) is 18.0 Å². The van der Waals surface area contributed by atoms with E-state index in [0.717, 1.165) is 15.7 Å². The molecule has 0 aliphatic carbocycles. The number of alkyl halides is 3. The van der Waals surface area contributed by atoms with Gasteiger partial charge in [0.15, 0.2) is 5.78 Å². The normalized spacial score (nSPS) is 11.4. The molecule has 2 rings (SSSR count). The summed E-state index contributed by atoms with van der Waals surface area (Å²) < 4.78 is 38.3. The first-order valence-electron chi connectivity index (χ1n) is 5.81. The highest BCUT2D eigenvalue weighted by Gasteiger charge is 2.29. The third kappa shape index (κ3) is 3.82. The minimum absolute atomic E-state index is 0.0960. The van der Waals surface area contributed by atoms with Crippen molar-refractivity contribution in [1.82, 2.24) is 0 Å². The third-order valence-electron chi connectivity index (χ3n) is 2.81. The fourth-order valence-corrected chi connectivity index (χ4v) is 2.09. The molecule has 0 heterocycles. The Morgan fingerprint density at radius 1 is 0.950 bits per heavy atom. The molecule has 0 fully saturated rings. The molecule has 1 nitrogen and oxygen atoms in total. The van der Waals surface area contributed by atoms with Crippen LogP contribution in [0.15, 0.2) is 48.5 Å².